The van der Waals surface area contributed by atoms with E-state index in [1.54, 1.807) is 0 Å². The molecule has 0 bridgehead atoms. The van der Waals surface area contributed by atoms with Gasteiger partial charge in [-0.1, -0.05) is 18.2 Å². The molecule has 3 rings (SSSR count). The summed E-state index contributed by atoms with van der Waals surface area (Å²) in [4.78, 5) is 25.8. The van der Waals surface area contributed by atoms with Crippen molar-refractivity contribution in [1.29, 1.82) is 0 Å². The summed E-state index contributed by atoms with van der Waals surface area (Å²) < 4.78 is 2.11. The molecule has 1 atom stereocenters. The number of carboxylic acids is 1. The van der Waals surface area contributed by atoms with Crippen molar-refractivity contribution in [2.24, 2.45) is 5.92 Å². The minimum absolute atomic E-state index is 0.0558. The summed E-state index contributed by atoms with van der Waals surface area (Å²) in [6, 6.07) is 12.0. The lowest BCUT2D eigenvalue weighted by Gasteiger charge is -2.32. The number of aryl methyl sites for hydroxylation is 1. The van der Waals surface area contributed by atoms with Crippen LogP contribution < -0.4 is 0 Å². The number of carbonyl (C=O) groups excluding carboxylic acids is 1. The van der Waals surface area contributed by atoms with E-state index in [2.05, 4.69) is 4.57 Å². The number of aromatic nitrogens is 1. The molecule has 1 aromatic carbocycles. The molecule has 1 saturated heterocycles. The van der Waals surface area contributed by atoms with E-state index in [1.165, 1.54) is 0 Å². The van der Waals surface area contributed by atoms with E-state index in [0.29, 0.717) is 13.0 Å². The first-order valence-electron chi connectivity index (χ1n) is 9.23. The first-order chi connectivity index (χ1) is 12.5. The van der Waals surface area contributed by atoms with Crippen LogP contribution in [0, 0.1) is 19.8 Å². The molecule has 2 heterocycles. The molecule has 0 radical (unpaired) electrons. The van der Waals surface area contributed by atoms with Gasteiger partial charge in [0.05, 0.1) is 5.56 Å². The van der Waals surface area contributed by atoms with Crippen molar-refractivity contribution < 1.29 is 14.7 Å². The molecule has 1 fully saturated rings. The van der Waals surface area contributed by atoms with Crippen molar-refractivity contribution in [2.45, 2.75) is 39.5 Å². The van der Waals surface area contributed by atoms with Crippen molar-refractivity contribution in [3.8, 4) is 5.69 Å². The standard InChI is InChI=1S/C21H26N2O3/c1-15-13-19(16(2)23(15)18-8-4-3-5-9-18)21(26)22-12-6-7-17(14-22)10-11-20(24)25/h3-5,8-9,13,17H,6-7,10-12,14H2,1-2H3,(H,24,25). The average molecular weight is 354 g/mol. The number of para-hydroxylation sites is 1. The Bertz CT molecular complexity index is 795. The SMILES string of the molecule is Cc1cc(C(=O)N2CCCC(CCC(=O)O)C2)c(C)n1-c1ccccc1. The molecule has 1 aliphatic heterocycles. The molecule has 26 heavy (non-hydrogen) atoms. The van der Waals surface area contributed by atoms with Gasteiger partial charge in [0.15, 0.2) is 0 Å². The molecule has 2 aromatic rings. The minimum Gasteiger partial charge on any atom is -0.481 e. The molecule has 1 aromatic heterocycles. The third kappa shape index (κ3) is 3.82. The fraction of sp³-hybridized carbons (Fsp3) is 0.429. The molecule has 138 valence electrons. The van der Waals surface area contributed by atoms with Crippen LogP contribution in [0.5, 0.6) is 0 Å². The summed E-state index contributed by atoms with van der Waals surface area (Å²) in [6.07, 6.45) is 2.75. The van der Waals surface area contributed by atoms with Crippen LogP contribution in [-0.2, 0) is 4.79 Å². The second-order valence-corrected chi connectivity index (χ2v) is 7.15. The number of amides is 1. The summed E-state index contributed by atoms with van der Waals surface area (Å²) >= 11 is 0. The zero-order valence-corrected chi connectivity index (χ0v) is 15.4. The Hall–Kier alpha value is -2.56. The van der Waals surface area contributed by atoms with E-state index >= 15 is 0 Å². The number of rotatable bonds is 5. The number of piperidine rings is 1. The first kappa shape index (κ1) is 18.2. The van der Waals surface area contributed by atoms with Crippen molar-refractivity contribution in [2.75, 3.05) is 13.1 Å². The highest BCUT2D eigenvalue weighted by molar-refractivity contribution is 5.96. The van der Waals surface area contributed by atoms with Gasteiger partial charge in [-0.2, -0.15) is 0 Å². The van der Waals surface area contributed by atoms with Crippen molar-refractivity contribution >= 4 is 11.9 Å². The highest BCUT2D eigenvalue weighted by Crippen LogP contribution is 2.26. The molecular weight excluding hydrogens is 328 g/mol. The fourth-order valence-corrected chi connectivity index (χ4v) is 3.94. The predicted octanol–water partition coefficient (Wildman–Crippen LogP) is 3.81. The number of nitrogens with zero attached hydrogens (tertiary/aromatic N) is 2. The maximum Gasteiger partial charge on any atom is 0.303 e. The third-order valence-corrected chi connectivity index (χ3v) is 5.25. The second-order valence-electron chi connectivity index (χ2n) is 7.15. The lowest BCUT2D eigenvalue weighted by Crippen LogP contribution is -2.40. The monoisotopic (exact) mass is 354 g/mol. The number of aliphatic carboxylic acids is 1. The van der Waals surface area contributed by atoms with E-state index in [9.17, 15) is 9.59 Å². The number of likely N-dealkylation sites (tertiary alicyclic amines) is 1. The lowest BCUT2D eigenvalue weighted by atomic mass is 9.93. The van der Waals surface area contributed by atoms with E-state index in [-0.39, 0.29) is 18.2 Å². The Morgan fingerprint density at radius 3 is 2.62 bits per heavy atom. The van der Waals surface area contributed by atoms with E-state index in [4.69, 9.17) is 5.11 Å². The van der Waals surface area contributed by atoms with E-state index in [1.807, 2.05) is 55.1 Å². The molecule has 5 nitrogen and oxygen atoms in total. The smallest absolute Gasteiger partial charge is 0.303 e. The molecule has 0 spiro atoms. The number of hydrogen-bond donors (Lipinski definition) is 1. The molecule has 1 unspecified atom stereocenters. The largest absolute Gasteiger partial charge is 0.481 e. The summed E-state index contributed by atoms with van der Waals surface area (Å²) in [7, 11) is 0. The van der Waals surface area contributed by atoms with Gasteiger partial charge in [-0.3, -0.25) is 9.59 Å². The molecule has 0 saturated carbocycles. The Balaban J connectivity index is 1.79. The van der Waals surface area contributed by atoms with Crippen LogP contribution in [0.2, 0.25) is 0 Å². The molecule has 1 N–H and O–H groups in total. The normalized spacial score (nSPS) is 17.3. The zero-order chi connectivity index (χ0) is 18.7. The second kappa shape index (κ2) is 7.77. The summed E-state index contributed by atoms with van der Waals surface area (Å²) in [5.41, 5.74) is 3.78. The Morgan fingerprint density at radius 2 is 1.92 bits per heavy atom. The lowest BCUT2D eigenvalue weighted by molar-refractivity contribution is -0.137. The van der Waals surface area contributed by atoms with Gasteiger partial charge in [0.25, 0.3) is 5.91 Å². The van der Waals surface area contributed by atoms with Crippen molar-refractivity contribution in [1.82, 2.24) is 9.47 Å². The topological polar surface area (TPSA) is 62.5 Å². The molecule has 1 aliphatic rings. The van der Waals surface area contributed by atoms with Gasteiger partial charge >= 0.3 is 5.97 Å². The molecule has 0 aliphatic carbocycles. The molecule has 1 amide bonds. The van der Waals surface area contributed by atoms with Crippen LogP contribution in [-0.4, -0.2) is 39.5 Å². The van der Waals surface area contributed by atoms with Crippen molar-refractivity contribution in [3.63, 3.8) is 0 Å². The number of carboxylic acid groups (broad SMARTS) is 1. The average Bonchev–Trinajstić information content (AvgIpc) is 2.94. The first-order valence-corrected chi connectivity index (χ1v) is 9.23. The van der Waals surface area contributed by atoms with Crippen LogP contribution in [0.4, 0.5) is 0 Å². The van der Waals surface area contributed by atoms with Crippen LogP contribution in [0.15, 0.2) is 36.4 Å². The highest BCUT2D eigenvalue weighted by Gasteiger charge is 2.27. The predicted molar refractivity (Wildman–Crippen MR) is 101 cm³/mol. The fourth-order valence-electron chi connectivity index (χ4n) is 3.94. The van der Waals surface area contributed by atoms with Gasteiger partial charge in [0.2, 0.25) is 0 Å². The summed E-state index contributed by atoms with van der Waals surface area (Å²) in [5.74, 6) is -0.429. The van der Waals surface area contributed by atoms with Crippen LogP contribution in [0.3, 0.4) is 0 Å². The van der Waals surface area contributed by atoms with Gasteiger partial charge in [-0.25, -0.2) is 0 Å². The quantitative estimate of drug-likeness (QED) is 0.888. The number of benzene rings is 1. The van der Waals surface area contributed by atoms with Gasteiger partial charge in [-0.15, -0.1) is 0 Å². The Labute approximate surface area is 154 Å². The Morgan fingerprint density at radius 1 is 1.19 bits per heavy atom. The summed E-state index contributed by atoms with van der Waals surface area (Å²) in [6.45, 7) is 5.40. The molecular formula is C21H26N2O3. The van der Waals surface area contributed by atoms with Crippen LogP contribution in [0.25, 0.3) is 5.69 Å². The third-order valence-electron chi connectivity index (χ3n) is 5.25. The maximum atomic E-state index is 13.1. The number of carbonyl (C=O) groups is 2. The van der Waals surface area contributed by atoms with E-state index < -0.39 is 5.97 Å². The van der Waals surface area contributed by atoms with Crippen LogP contribution >= 0.6 is 0 Å². The summed E-state index contributed by atoms with van der Waals surface area (Å²) in [5, 5.41) is 8.89. The maximum absolute atomic E-state index is 13.1. The van der Waals surface area contributed by atoms with Gasteiger partial charge in [0.1, 0.15) is 0 Å². The van der Waals surface area contributed by atoms with Gasteiger partial charge < -0.3 is 14.6 Å². The van der Waals surface area contributed by atoms with Gasteiger partial charge in [-0.05, 0) is 57.2 Å². The Kier molecular flexibility index (Phi) is 5.45. The number of hydrogen-bond acceptors (Lipinski definition) is 2. The van der Waals surface area contributed by atoms with Crippen LogP contribution in [0.1, 0.15) is 47.4 Å². The van der Waals surface area contributed by atoms with Crippen molar-refractivity contribution in [3.05, 3.63) is 53.3 Å². The van der Waals surface area contributed by atoms with E-state index in [0.717, 1.165) is 42.0 Å². The minimum atomic E-state index is -0.764. The zero-order valence-electron chi connectivity index (χ0n) is 15.4. The highest BCUT2D eigenvalue weighted by atomic mass is 16.4. The molecule has 5 heteroatoms. The van der Waals surface area contributed by atoms with Gasteiger partial charge in [0, 0.05) is 36.6 Å².